The molecule has 1 amide bonds. The van der Waals surface area contributed by atoms with E-state index in [1.54, 1.807) is 18.2 Å². The van der Waals surface area contributed by atoms with Gasteiger partial charge in [-0.15, -0.1) is 0 Å². The molecule has 27 heavy (non-hydrogen) atoms. The summed E-state index contributed by atoms with van der Waals surface area (Å²) in [7, 11) is 1.47. The van der Waals surface area contributed by atoms with Gasteiger partial charge in [-0.3, -0.25) is 10.0 Å². The van der Waals surface area contributed by atoms with Gasteiger partial charge in [0.25, 0.3) is 5.91 Å². The summed E-state index contributed by atoms with van der Waals surface area (Å²) >= 11 is 0. The maximum atomic E-state index is 14.5. The summed E-state index contributed by atoms with van der Waals surface area (Å²) in [6.07, 6.45) is 1.45. The number of pyridine rings is 2. The van der Waals surface area contributed by atoms with E-state index in [1.165, 1.54) is 25.7 Å². The van der Waals surface area contributed by atoms with E-state index in [9.17, 15) is 13.6 Å². The number of hydroxylamine groups is 1. The second kappa shape index (κ2) is 7.50. The molecule has 1 unspecified atom stereocenters. The summed E-state index contributed by atoms with van der Waals surface area (Å²) in [6, 6.07) is 6.92. The number of methoxy groups -OCH3 is 1. The Morgan fingerprint density at radius 1 is 1.22 bits per heavy atom. The molecule has 7 nitrogen and oxygen atoms in total. The minimum absolute atomic E-state index is 0.0908. The Morgan fingerprint density at radius 3 is 2.56 bits per heavy atom. The lowest BCUT2D eigenvalue weighted by atomic mass is 9.99. The first kappa shape index (κ1) is 18.5. The van der Waals surface area contributed by atoms with Gasteiger partial charge in [0.2, 0.25) is 5.88 Å². The molecular formula is C18H16F2N4O3. The van der Waals surface area contributed by atoms with Crippen molar-refractivity contribution in [2.45, 2.75) is 12.8 Å². The van der Waals surface area contributed by atoms with Crippen LogP contribution in [0.25, 0.3) is 11.0 Å². The molecule has 0 saturated heterocycles. The number of anilines is 2. The van der Waals surface area contributed by atoms with Crippen molar-refractivity contribution in [1.29, 1.82) is 0 Å². The van der Waals surface area contributed by atoms with Crippen molar-refractivity contribution in [2.24, 2.45) is 0 Å². The van der Waals surface area contributed by atoms with E-state index in [0.29, 0.717) is 22.6 Å². The van der Waals surface area contributed by atoms with Crippen molar-refractivity contribution in [3.05, 3.63) is 53.7 Å². The molecule has 0 aliphatic rings. The predicted molar refractivity (Wildman–Crippen MR) is 94.1 cm³/mol. The first-order chi connectivity index (χ1) is 12.9. The van der Waals surface area contributed by atoms with Crippen LogP contribution in [-0.4, -0.2) is 28.2 Å². The fourth-order valence-electron chi connectivity index (χ4n) is 2.58. The number of ether oxygens (including phenoxy) is 1. The Balaban J connectivity index is 1.99. The first-order valence-electron chi connectivity index (χ1n) is 7.94. The second-order valence-electron chi connectivity index (χ2n) is 5.77. The molecule has 2 aromatic heterocycles. The second-order valence-corrected chi connectivity index (χ2v) is 5.77. The van der Waals surface area contributed by atoms with Crippen LogP contribution < -0.4 is 15.5 Å². The van der Waals surface area contributed by atoms with Crippen LogP contribution in [-0.2, 0) is 4.79 Å². The third kappa shape index (κ3) is 3.63. The quantitative estimate of drug-likeness (QED) is 0.469. The number of carbonyl (C=O) groups excluding carboxylic acids is 1. The number of nitrogens with one attached hydrogen (secondary N) is 2. The SMILES string of the molecule is COc1ccc2c(Nc3c(F)cc(C(C)C(=O)NO)cc3F)ccnc2n1. The van der Waals surface area contributed by atoms with Gasteiger partial charge in [-0.25, -0.2) is 19.2 Å². The van der Waals surface area contributed by atoms with E-state index < -0.39 is 23.5 Å². The Kier molecular flexibility index (Phi) is 5.13. The van der Waals surface area contributed by atoms with Crippen molar-refractivity contribution in [2.75, 3.05) is 12.4 Å². The minimum atomic E-state index is -0.925. The van der Waals surface area contributed by atoms with Crippen molar-refractivity contribution in [3.8, 4) is 5.88 Å². The van der Waals surface area contributed by atoms with E-state index >= 15 is 0 Å². The molecule has 140 valence electrons. The number of aromatic nitrogens is 2. The summed E-state index contributed by atoms with van der Waals surface area (Å²) in [5.41, 5.74) is 1.93. The molecule has 2 heterocycles. The number of fused-ring (bicyclic) bond motifs is 1. The highest BCUT2D eigenvalue weighted by atomic mass is 19.1. The predicted octanol–water partition coefficient (Wildman–Crippen LogP) is 3.27. The van der Waals surface area contributed by atoms with Crippen LogP contribution in [0.3, 0.4) is 0 Å². The van der Waals surface area contributed by atoms with Gasteiger partial charge in [-0.2, -0.15) is 4.98 Å². The zero-order valence-corrected chi connectivity index (χ0v) is 14.5. The lowest BCUT2D eigenvalue weighted by Gasteiger charge is -2.15. The zero-order chi connectivity index (χ0) is 19.6. The molecule has 0 aliphatic carbocycles. The molecule has 0 aliphatic heterocycles. The average molecular weight is 374 g/mol. The Morgan fingerprint density at radius 2 is 1.93 bits per heavy atom. The van der Waals surface area contributed by atoms with Crippen LogP contribution in [0.15, 0.2) is 36.5 Å². The van der Waals surface area contributed by atoms with E-state index in [0.717, 1.165) is 12.1 Å². The summed E-state index contributed by atoms with van der Waals surface area (Å²) in [5.74, 6) is -3.09. The smallest absolute Gasteiger partial charge is 0.250 e. The lowest BCUT2D eigenvalue weighted by Crippen LogP contribution is -2.24. The highest BCUT2D eigenvalue weighted by Gasteiger charge is 2.20. The number of carbonyl (C=O) groups is 1. The summed E-state index contributed by atoms with van der Waals surface area (Å²) in [4.78, 5) is 19.8. The summed E-state index contributed by atoms with van der Waals surface area (Å²) in [5, 5.41) is 11.9. The Labute approximate surface area is 153 Å². The molecule has 9 heteroatoms. The van der Waals surface area contributed by atoms with Crippen LogP contribution in [0.5, 0.6) is 5.88 Å². The lowest BCUT2D eigenvalue weighted by molar-refractivity contribution is -0.130. The van der Waals surface area contributed by atoms with Gasteiger partial charge >= 0.3 is 0 Å². The maximum Gasteiger partial charge on any atom is 0.250 e. The van der Waals surface area contributed by atoms with E-state index in [4.69, 9.17) is 9.94 Å². The van der Waals surface area contributed by atoms with Gasteiger partial charge < -0.3 is 10.1 Å². The highest BCUT2D eigenvalue weighted by molar-refractivity contribution is 5.91. The maximum absolute atomic E-state index is 14.5. The zero-order valence-electron chi connectivity index (χ0n) is 14.5. The number of benzene rings is 1. The van der Waals surface area contributed by atoms with Crippen molar-refractivity contribution in [1.82, 2.24) is 15.4 Å². The number of hydrogen-bond acceptors (Lipinski definition) is 6. The highest BCUT2D eigenvalue weighted by Crippen LogP contribution is 2.31. The van der Waals surface area contributed by atoms with Crippen LogP contribution in [0.4, 0.5) is 20.2 Å². The van der Waals surface area contributed by atoms with Crippen LogP contribution in [0, 0.1) is 11.6 Å². The molecule has 3 rings (SSSR count). The average Bonchev–Trinajstić information content (AvgIpc) is 2.68. The molecular weight excluding hydrogens is 358 g/mol. The summed E-state index contributed by atoms with van der Waals surface area (Å²) in [6.45, 7) is 1.42. The molecule has 0 saturated carbocycles. The number of hydrogen-bond donors (Lipinski definition) is 3. The molecule has 0 radical (unpaired) electrons. The van der Waals surface area contributed by atoms with Crippen LogP contribution >= 0.6 is 0 Å². The van der Waals surface area contributed by atoms with E-state index in [-0.39, 0.29) is 11.3 Å². The molecule has 0 bridgehead atoms. The van der Waals surface area contributed by atoms with Crippen molar-refractivity contribution in [3.63, 3.8) is 0 Å². The first-order valence-corrected chi connectivity index (χ1v) is 7.94. The van der Waals surface area contributed by atoms with Gasteiger partial charge in [0, 0.05) is 17.6 Å². The normalized spacial score (nSPS) is 11.9. The van der Waals surface area contributed by atoms with Crippen molar-refractivity contribution < 1.29 is 23.5 Å². The molecule has 0 fully saturated rings. The molecule has 1 atom stereocenters. The van der Waals surface area contributed by atoms with Gasteiger partial charge in [0.1, 0.15) is 17.3 Å². The number of nitrogens with zero attached hydrogens (tertiary/aromatic N) is 2. The number of rotatable bonds is 5. The minimum Gasteiger partial charge on any atom is -0.481 e. The third-order valence-electron chi connectivity index (χ3n) is 4.11. The number of halogens is 2. The van der Waals surface area contributed by atoms with Gasteiger partial charge in [-0.1, -0.05) is 0 Å². The fourth-order valence-corrected chi connectivity index (χ4v) is 2.58. The topological polar surface area (TPSA) is 96.4 Å². The fraction of sp³-hybridized carbons (Fsp3) is 0.167. The Hall–Kier alpha value is -3.33. The van der Waals surface area contributed by atoms with Crippen molar-refractivity contribution >= 4 is 28.3 Å². The van der Waals surface area contributed by atoms with Gasteiger partial charge in [0.05, 0.1) is 18.7 Å². The summed E-state index contributed by atoms with van der Waals surface area (Å²) < 4.78 is 34.0. The van der Waals surface area contributed by atoms with Gasteiger partial charge in [0.15, 0.2) is 5.65 Å². The standard InChI is InChI=1S/C18H16F2N4O3/c1-9(18(25)24-26)10-7-12(19)16(13(20)8-10)22-14-5-6-21-17-11(14)3-4-15(23-17)27-2/h3-9,26H,1-2H3,(H,24,25)(H,21,22,23). The number of amides is 1. The molecule has 0 spiro atoms. The van der Waals surface area contributed by atoms with Crippen LogP contribution in [0.1, 0.15) is 18.4 Å². The van der Waals surface area contributed by atoms with E-state index in [1.807, 2.05) is 0 Å². The molecule has 3 aromatic rings. The van der Waals surface area contributed by atoms with E-state index in [2.05, 4.69) is 15.3 Å². The monoisotopic (exact) mass is 374 g/mol. The molecule has 3 N–H and O–H groups in total. The molecule has 1 aromatic carbocycles. The third-order valence-corrected chi connectivity index (χ3v) is 4.11. The van der Waals surface area contributed by atoms with Crippen LogP contribution in [0.2, 0.25) is 0 Å². The van der Waals surface area contributed by atoms with Gasteiger partial charge in [-0.05, 0) is 36.8 Å². The Bertz CT molecular complexity index is 990. The largest absolute Gasteiger partial charge is 0.481 e.